The molecule has 0 radical (unpaired) electrons. The van der Waals surface area contributed by atoms with E-state index in [0.717, 1.165) is 30.8 Å². The van der Waals surface area contributed by atoms with E-state index >= 15 is 0 Å². The molecule has 108 valence electrons. The van der Waals surface area contributed by atoms with Crippen LogP contribution < -0.4 is 17.1 Å². The Morgan fingerprint density at radius 3 is 2.00 bits per heavy atom. The Morgan fingerprint density at radius 1 is 1.05 bits per heavy atom. The largest absolute Gasteiger partial charge is 0.333 e. The third-order valence-electron chi connectivity index (χ3n) is 3.42. The Morgan fingerprint density at radius 2 is 1.57 bits per heavy atom. The van der Waals surface area contributed by atoms with Gasteiger partial charge in [-0.2, -0.15) is 5.10 Å². The van der Waals surface area contributed by atoms with Crippen molar-refractivity contribution in [2.45, 2.75) is 6.54 Å². The first-order valence-electron chi connectivity index (χ1n) is 6.24. The highest BCUT2D eigenvalue weighted by molar-refractivity contribution is 9.10. The Hall–Kier alpha value is -1.57. The number of nitrogens with two attached hydrogens (primary N) is 2. The molecule has 5 nitrogen and oxygen atoms in total. The first-order chi connectivity index (χ1) is 10.1. The summed E-state index contributed by atoms with van der Waals surface area (Å²) in [4.78, 5) is 0. The highest BCUT2D eigenvalue weighted by Crippen LogP contribution is 2.32. The van der Waals surface area contributed by atoms with Gasteiger partial charge in [0.1, 0.15) is 0 Å². The molecule has 0 amide bonds. The molecule has 0 aliphatic carbocycles. The van der Waals surface area contributed by atoms with Gasteiger partial charge >= 0.3 is 0 Å². The minimum atomic E-state index is 0.482. The van der Waals surface area contributed by atoms with Crippen molar-refractivity contribution in [3.63, 3.8) is 0 Å². The SMILES string of the molecule is N/N=C(/Cn1c2ccc(Br)cc2c2cc(Br)ccc21)NN. The smallest absolute Gasteiger partial charge is 0.155 e. The number of fused-ring (bicyclic) bond motifs is 3. The van der Waals surface area contributed by atoms with E-state index in [0.29, 0.717) is 12.4 Å². The van der Waals surface area contributed by atoms with E-state index in [1.807, 2.05) is 12.1 Å². The van der Waals surface area contributed by atoms with E-state index < -0.39 is 0 Å². The van der Waals surface area contributed by atoms with Gasteiger partial charge < -0.3 is 15.8 Å². The minimum absolute atomic E-state index is 0.482. The second kappa shape index (κ2) is 5.67. The Bertz CT molecular complexity index is 794. The number of hydrazone groups is 1. The van der Waals surface area contributed by atoms with Crippen LogP contribution in [0.4, 0.5) is 0 Å². The molecular weight excluding hydrogens is 398 g/mol. The van der Waals surface area contributed by atoms with Crippen molar-refractivity contribution in [2.75, 3.05) is 0 Å². The quantitative estimate of drug-likeness (QED) is 0.263. The molecule has 0 atom stereocenters. The number of benzene rings is 2. The molecule has 7 heteroatoms. The van der Waals surface area contributed by atoms with Crippen LogP contribution in [0.1, 0.15) is 0 Å². The molecule has 21 heavy (non-hydrogen) atoms. The van der Waals surface area contributed by atoms with Crippen LogP contribution >= 0.6 is 31.9 Å². The van der Waals surface area contributed by atoms with Crippen LogP contribution in [0, 0.1) is 0 Å². The number of nitrogens with one attached hydrogen (secondary N) is 1. The van der Waals surface area contributed by atoms with Crippen LogP contribution in [0.3, 0.4) is 0 Å². The normalized spacial score (nSPS) is 12.2. The van der Waals surface area contributed by atoms with Crippen molar-refractivity contribution in [1.29, 1.82) is 0 Å². The topological polar surface area (TPSA) is 81.4 Å². The van der Waals surface area contributed by atoms with Gasteiger partial charge in [0.15, 0.2) is 5.84 Å². The lowest BCUT2D eigenvalue weighted by atomic mass is 10.2. The lowest BCUT2D eigenvalue weighted by Gasteiger charge is -2.09. The molecule has 0 unspecified atom stereocenters. The van der Waals surface area contributed by atoms with Crippen molar-refractivity contribution >= 4 is 59.5 Å². The van der Waals surface area contributed by atoms with E-state index in [1.165, 1.54) is 0 Å². The number of hydrogen-bond acceptors (Lipinski definition) is 3. The highest BCUT2D eigenvalue weighted by Gasteiger charge is 2.12. The Balaban J connectivity index is 2.34. The van der Waals surface area contributed by atoms with E-state index in [9.17, 15) is 0 Å². The van der Waals surface area contributed by atoms with Crippen molar-refractivity contribution in [1.82, 2.24) is 9.99 Å². The lowest BCUT2D eigenvalue weighted by Crippen LogP contribution is -2.34. The van der Waals surface area contributed by atoms with Crippen molar-refractivity contribution in [3.8, 4) is 0 Å². The van der Waals surface area contributed by atoms with Gasteiger partial charge in [-0.15, -0.1) is 0 Å². The molecule has 5 N–H and O–H groups in total. The molecule has 0 aliphatic rings. The van der Waals surface area contributed by atoms with Gasteiger partial charge in [0.25, 0.3) is 0 Å². The van der Waals surface area contributed by atoms with E-state index in [2.05, 4.69) is 71.2 Å². The minimum Gasteiger partial charge on any atom is -0.333 e. The summed E-state index contributed by atoms with van der Waals surface area (Å²) in [6.45, 7) is 0.482. The van der Waals surface area contributed by atoms with Gasteiger partial charge in [0, 0.05) is 30.8 Å². The average Bonchev–Trinajstić information content (AvgIpc) is 2.77. The van der Waals surface area contributed by atoms with Crippen molar-refractivity contribution < 1.29 is 0 Å². The first-order valence-corrected chi connectivity index (χ1v) is 7.83. The number of aromatic nitrogens is 1. The Labute approximate surface area is 138 Å². The highest BCUT2D eigenvalue weighted by atomic mass is 79.9. The maximum atomic E-state index is 5.45. The van der Waals surface area contributed by atoms with Crippen LogP contribution in [0.15, 0.2) is 50.4 Å². The predicted octanol–water partition coefficient (Wildman–Crippen LogP) is 3.06. The summed E-state index contributed by atoms with van der Waals surface area (Å²) in [6, 6.07) is 12.4. The molecule has 1 aromatic heterocycles. The summed E-state index contributed by atoms with van der Waals surface area (Å²) in [5, 5.41) is 5.99. The lowest BCUT2D eigenvalue weighted by molar-refractivity contribution is 0.858. The summed E-state index contributed by atoms with van der Waals surface area (Å²) in [5.41, 5.74) is 4.73. The zero-order chi connectivity index (χ0) is 15.0. The molecule has 0 bridgehead atoms. The summed E-state index contributed by atoms with van der Waals surface area (Å²) in [7, 11) is 0. The number of amidine groups is 1. The number of rotatable bonds is 2. The van der Waals surface area contributed by atoms with Gasteiger partial charge in [-0.25, -0.2) is 5.84 Å². The van der Waals surface area contributed by atoms with Gasteiger partial charge in [-0.1, -0.05) is 31.9 Å². The maximum absolute atomic E-state index is 5.45. The fourth-order valence-corrected chi connectivity index (χ4v) is 3.21. The second-order valence-corrected chi connectivity index (χ2v) is 6.46. The van der Waals surface area contributed by atoms with Crippen LogP contribution in [-0.2, 0) is 6.54 Å². The zero-order valence-electron chi connectivity index (χ0n) is 11.0. The first kappa shape index (κ1) is 14.4. The molecule has 3 rings (SSSR count). The molecule has 0 spiro atoms. The van der Waals surface area contributed by atoms with Crippen LogP contribution in [0.25, 0.3) is 21.8 Å². The maximum Gasteiger partial charge on any atom is 0.155 e. The predicted molar refractivity (Wildman–Crippen MR) is 93.8 cm³/mol. The summed E-state index contributed by atoms with van der Waals surface area (Å²) in [5.74, 6) is 11.3. The fourth-order valence-electron chi connectivity index (χ4n) is 2.49. The monoisotopic (exact) mass is 409 g/mol. The number of hydrazine groups is 1. The van der Waals surface area contributed by atoms with Gasteiger partial charge in [-0.05, 0) is 36.4 Å². The summed E-state index contributed by atoms with van der Waals surface area (Å²) in [6.07, 6.45) is 0. The average molecular weight is 411 g/mol. The zero-order valence-corrected chi connectivity index (χ0v) is 14.1. The number of hydrogen-bond donors (Lipinski definition) is 3. The van der Waals surface area contributed by atoms with Crippen molar-refractivity contribution in [3.05, 3.63) is 45.3 Å². The third kappa shape index (κ3) is 2.52. The van der Waals surface area contributed by atoms with Gasteiger partial charge in [0.2, 0.25) is 0 Å². The van der Waals surface area contributed by atoms with Crippen LogP contribution in [-0.4, -0.2) is 10.4 Å². The van der Waals surface area contributed by atoms with E-state index in [4.69, 9.17) is 11.7 Å². The molecule has 0 saturated carbocycles. The van der Waals surface area contributed by atoms with Crippen LogP contribution in [0.2, 0.25) is 0 Å². The molecule has 0 fully saturated rings. The molecule has 0 aliphatic heterocycles. The molecular formula is C14H13Br2N5. The summed E-state index contributed by atoms with van der Waals surface area (Å²) < 4.78 is 4.21. The van der Waals surface area contributed by atoms with Crippen molar-refractivity contribution in [2.24, 2.45) is 16.8 Å². The number of nitrogens with zero attached hydrogens (tertiary/aromatic N) is 2. The Kier molecular flexibility index (Phi) is 3.88. The van der Waals surface area contributed by atoms with Gasteiger partial charge in [0.05, 0.1) is 6.54 Å². The fraction of sp³-hybridized carbons (Fsp3) is 0.0714. The third-order valence-corrected chi connectivity index (χ3v) is 4.41. The van der Waals surface area contributed by atoms with Crippen LogP contribution in [0.5, 0.6) is 0 Å². The van der Waals surface area contributed by atoms with E-state index in [-0.39, 0.29) is 0 Å². The van der Waals surface area contributed by atoms with E-state index in [1.54, 1.807) is 0 Å². The molecule has 1 heterocycles. The summed E-state index contributed by atoms with van der Waals surface area (Å²) >= 11 is 7.05. The molecule has 3 aromatic rings. The molecule has 2 aromatic carbocycles. The van der Waals surface area contributed by atoms with Gasteiger partial charge in [-0.3, -0.25) is 0 Å². The molecule has 0 saturated heterocycles. The number of halogens is 2. The standard InChI is InChI=1S/C14H13Br2N5/c15-8-1-3-12-10(5-8)11-6-9(16)2-4-13(11)21(12)7-14(19-17)20-18/h1-6H,7,17-18H2,(H,19,20). The second-order valence-electron chi connectivity index (χ2n) is 4.63.